The topological polar surface area (TPSA) is 47.4 Å². The first-order chi connectivity index (χ1) is 11.3. The Morgan fingerprint density at radius 2 is 2.00 bits per heavy atom. The Labute approximate surface area is 136 Å². The average Bonchev–Trinajstić information content (AvgIpc) is 3.15. The first kappa shape index (κ1) is 15.6. The number of hydrogen-bond donors (Lipinski definition) is 0. The number of aryl methyl sites for hydroxylation is 1. The van der Waals surface area contributed by atoms with E-state index >= 15 is 0 Å². The zero-order valence-electron chi connectivity index (χ0n) is 13.5. The van der Waals surface area contributed by atoms with Crippen LogP contribution in [0.15, 0.2) is 43.0 Å². The molecule has 0 spiro atoms. The summed E-state index contributed by atoms with van der Waals surface area (Å²) in [4.78, 5) is 18.1. The quantitative estimate of drug-likeness (QED) is 0.871. The van der Waals surface area contributed by atoms with Crippen molar-refractivity contribution in [2.24, 2.45) is 5.92 Å². The molecule has 1 amide bonds. The van der Waals surface area contributed by atoms with Gasteiger partial charge in [-0.05, 0) is 49.3 Å². The highest BCUT2D eigenvalue weighted by Gasteiger charge is 2.23. The number of carbonyl (C=O) groups excluding carboxylic acids is 1. The molecule has 122 valence electrons. The van der Waals surface area contributed by atoms with Gasteiger partial charge in [-0.1, -0.05) is 12.1 Å². The second-order valence-electron chi connectivity index (χ2n) is 6.07. The Morgan fingerprint density at radius 1 is 1.26 bits per heavy atom. The van der Waals surface area contributed by atoms with Gasteiger partial charge in [0.2, 0.25) is 0 Å². The first-order valence-corrected chi connectivity index (χ1v) is 8.16. The predicted molar refractivity (Wildman–Crippen MR) is 88.6 cm³/mol. The number of amides is 1. The molecule has 23 heavy (non-hydrogen) atoms. The Bertz CT molecular complexity index is 614. The van der Waals surface area contributed by atoms with Crippen molar-refractivity contribution >= 4 is 6.03 Å². The molecular weight excluding hydrogens is 290 g/mol. The number of likely N-dealkylation sites (tertiary alicyclic amines) is 1. The lowest BCUT2D eigenvalue weighted by Crippen LogP contribution is -2.40. The van der Waals surface area contributed by atoms with E-state index in [4.69, 9.17) is 4.74 Å². The summed E-state index contributed by atoms with van der Waals surface area (Å²) >= 11 is 0. The van der Waals surface area contributed by atoms with Crippen molar-refractivity contribution in [2.45, 2.75) is 25.7 Å². The summed E-state index contributed by atoms with van der Waals surface area (Å²) in [6, 6.07) is 8.34. The van der Waals surface area contributed by atoms with Gasteiger partial charge >= 0.3 is 6.03 Å². The van der Waals surface area contributed by atoms with Crippen LogP contribution in [0.2, 0.25) is 0 Å². The fourth-order valence-electron chi connectivity index (χ4n) is 3.11. The fourth-order valence-corrected chi connectivity index (χ4v) is 3.11. The summed E-state index contributed by atoms with van der Waals surface area (Å²) in [5, 5.41) is 0. The van der Waals surface area contributed by atoms with Crippen molar-refractivity contribution in [3.05, 3.63) is 48.5 Å². The summed E-state index contributed by atoms with van der Waals surface area (Å²) in [5.74, 6) is 1.60. The molecule has 1 aliphatic heterocycles. The molecule has 2 heterocycles. The van der Waals surface area contributed by atoms with Crippen LogP contribution in [-0.4, -0.2) is 40.7 Å². The number of rotatable bonds is 4. The minimum Gasteiger partial charge on any atom is -0.497 e. The SMILES string of the molecule is COc1ccc(CCC2CCN(C(=O)n3ccnc3)CC2)cc1. The van der Waals surface area contributed by atoms with Crippen molar-refractivity contribution in [3.63, 3.8) is 0 Å². The third kappa shape index (κ3) is 3.92. The van der Waals surface area contributed by atoms with E-state index in [0.717, 1.165) is 38.1 Å². The zero-order valence-corrected chi connectivity index (χ0v) is 13.5. The minimum absolute atomic E-state index is 0.0381. The zero-order chi connectivity index (χ0) is 16.1. The maximum absolute atomic E-state index is 12.2. The number of piperidine rings is 1. The van der Waals surface area contributed by atoms with E-state index in [1.54, 1.807) is 30.4 Å². The number of hydrogen-bond acceptors (Lipinski definition) is 3. The Balaban J connectivity index is 1.44. The number of carbonyl (C=O) groups is 1. The fraction of sp³-hybridized carbons (Fsp3) is 0.444. The summed E-state index contributed by atoms with van der Waals surface area (Å²) < 4.78 is 6.74. The molecule has 1 fully saturated rings. The molecule has 5 nitrogen and oxygen atoms in total. The molecular formula is C18H23N3O2. The normalized spacial score (nSPS) is 15.6. The molecule has 1 aliphatic rings. The lowest BCUT2D eigenvalue weighted by molar-refractivity contribution is 0.169. The van der Waals surface area contributed by atoms with Gasteiger partial charge in [0.05, 0.1) is 7.11 Å². The van der Waals surface area contributed by atoms with Crippen LogP contribution in [-0.2, 0) is 6.42 Å². The van der Waals surface area contributed by atoms with Crippen LogP contribution >= 0.6 is 0 Å². The first-order valence-electron chi connectivity index (χ1n) is 8.16. The minimum atomic E-state index is 0.0381. The second-order valence-corrected chi connectivity index (χ2v) is 6.07. The van der Waals surface area contributed by atoms with Gasteiger partial charge in [-0.2, -0.15) is 0 Å². The highest BCUT2D eigenvalue weighted by atomic mass is 16.5. The molecule has 1 saturated heterocycles. The third-order valence-corrected chi connectivity index (χ3v) is 4.61. The largest absolute Gasteiger partial charge is 0.497 e. The second kappa shape index (κ2) is 7.31. The van der Waals surface area contributed by atoms with Crippen molar-refractivity contribution in [1.82, 2.24) is 14.5 Å². The van der Waals surface area contributed by atoms with Gasteiger partial charge in [-0.15, -0.1) is 0 Å². The highest BCUT2D eigenvalue weighted by Crippen LogP contribution is 2.23. The number of methoxy groups -OCH3 is 1. The predicted octanol–water partition coefficient (Wildman–Crippen LogP) is 3.20. The Kier molecular flexibility index (Phi) is 4.95. The maximum Gasteiger partial charge on any atom is 0.329 e. The van der Waals surface area contributed by atoms with Crippen molar-refractivity contribution < 1.29 is 9.53 Å². The molecule has 0 aliphatic carbocycles. The molecule has 0 atom stereocenters. The number of aromatic nitrogens is 2. The number of nitrogens with zero attached hydrogens (tertiary/aromatic N) is 3. The van der Waals surface area contributed by atoms with Gasteiger partial charge in [0.25, 0.3) is 0 Å². The summed E-state index contributed by atoms with van der Waals surface area (Å²) in [7, 11) is 1.69. The van der Waals surface area contributed by atoms with Crippen LogP contribution in [0.25, 0.3) is 0 Å². The Hall–Kier alpha value is -2.30. The molecule has 0 bridgehead atoms. The van der Waals surface area contributed by atoms with Crippen molar-refractivity contribution in [3.8, 4) is 5.75 Å². The van der Waals surface area contributed by atoms with Crippen LogP contribution in [0.5, 0.6) is 5.75 Å². The number of imidazole rings is 1. The molecule has 0 radical (unpaired) electrons. The maximum atomic E-state index is 12.2. The lowest BCUT2D eigenvalue weighted by Gasteiger charge is -2.31. The summed E-state index contributed by atoms with van der Waals surface area (Å²) in [6.45, 7) is 1.68. The van der Waals surface area contributed by atoms with Gasteiger partial charge in [0.15, 0.2) is 0 Å². The van der Waals surface area contributed by atoms with Crippen molar-refractivity contribution in [1.29, 1.82) is 0 Å². The molecule has 3 rings (SSSR count). The van der Waals surface area contributed by atoms with Gasteiger partial charge in [-0.3, -0.25) is 4.57 Å². The van der Waals surface area contributed by atoms with Crippen LogP contribution < -0.4 is 4.74 Å². The molecule has 2 aromatic rings. The van der Waals surface area contributed by atoms with Crippen LogP contribution in [0.4, 0.5) is 4.79 Å². The van der Waals surface area contributed by atoms with Crippen LogP contribution in [0, 0.1) is 5.92 Å². The standard InChI is InChI=1S/C18H23N3O2/c1-23-17-6-4-15(5-7-17)2-3-16-8-11-20(12-9-16)18(22)21-13-10-19-14-21/h4-7,10,13-14,16H,2-3,8-9,11-12H2,1H3. The molecule has 0 unspecified atom stereocenters. The molecule has 5 heteroatoms. The van der Waals surface area contributed by atoms with Crippen molar-refractivity contribution in [2.75, 3.05) is 20.2 Å². The molecule has 1 aromatic heterocycles. The number of benzene rings is 1. The van der Waals surface area contributed by atoms with E-state index in [1.807, 2.05) is 17.0 Å². The van der Waals surface area contributed by atoms with E-state index < -0.39 is 0 Å². The van der Waals surface area contributed by atoms with Gasteiger partial charge in [0, 0.05) is 25.5 Å². The van der Waals surface area contributed by atoms with E-state index in [2.05, 4.69) is 17.1 Å². The monoisotopic (exact) mass is 313 g/mol. The van der Waals surface area contributed by atoms with Crippen LogP contribution in [0.1, 0.15) is 24.8 Å². The molecule has 1 aromatic carbocycles. The van der Waals surface area contributed by atoms with Crippen LogP contribution in [0.3, 0.4) is 0 Å². The number of ether oxygens (including phenoxy) is 1. The summed E-state index contributed by atoms with van der Waals surface area (Å²) in [6.07, 6.45) is 9.34. The van der Waals surface area contributed by atoms with E-state index in [9.17, 15) is 4.79 Å². The summed E-state index contributed by atoms with van der Waals surface area (Å²) in [5.41, 5.74) is 1.35. The highest BCUT2D eigenvalue weighted by molar-refractivity contribution is 5.76. The van der Waals surface area contributed by atoms with E-state index in [0.29, 0.717) is 5.92 Å². The molecule has 0 N–H and O–H groups in total. The van der Waals surface area contributed by atoms with E-state index in [-0.39, 0.29) is 6.03 Å². The molecule has 0 saturated carbocycles. The smallest absolute Gasteiger partial charge is 0.329 e. The van der Waals surface area contributed by atoms with Gasteiger partial charge in [-0.25, -0.2) is 9.78 Å². The Morgan fingerprint density at radius 3 is 2.61 bits per heavy atom. The average molecular weight is 313 g/mol. The lowest BCUT2D eigenvalue weighted by atomic mass is 9.90. The van der Waals surface area contributed by atoms with E-state index in [1.165, 1.54) is 12.0 Å². The van der Waals surface area contributed by atoms with Gasteiger partial charge in [0.1, 0.15) is 12.1 Å². The van der Waals surface area contributed by atoms with Gasteiger partial charge < -0.3 is 9.64 Å². The third-order valence-electron chi connectivity index (χ3n) is 4.61.